The predicted molar refractivity (Wildman–Crippen MR) is 102 cm³/mol. The summed E-state index contributed by atoms with van der Waals surface area (Å²) < 4.78 is 38.8. The van der Waals surface area contributed by atoms with E-state index in [1.807, 2.05) is 4.90 Å². The van der Waals surface area contributed by atoms with E-state index < -0.39 is 29.7 Å². The van der Waals surface area contributed by atoms with Gasteiger partial charge in [0.05, 0.1) is 27.6 Å². The third-order valence-corrected chi connectivity index (χ3v) is 5.83. The van der Waals surface area contributed by atoms with Crippen LogP contribution < -0.4 is 0 Å². The molecule has 1 heterocycles. The van der Waals surface area contributed by atoms with Crippen molar-refractivity contribution in [2.75, 3.05) is 13.1 Å². The van der Waals surface area contributed by atoms with Crippen LogP contribution >= 0.6 is 23.2 Å². The molecular formula is C20H18Cl2F3NO2. The highest BCUT2D eigenvalue weighted by atomic mass is 35.5. The first-order valence-electron chi connectivity index (χ1n) is 8.76. The third kappa shape index (κ3) is 4.45. The lowest BCUT2D eigenvalue weighted by Crippen LogP contribution is -2.41. The molecule has 3 rings (SSSR count). The fraction of sp³-hybridized carbons (Fsp3) is 0.350. The van der Waals surface area contributed by atoms with Gasteiger partial charge in [0.1, 0.15) is 0 Å². The average molecular weight is 432 g/mol. The second-order valence-electron chi connectivity index (χ2n) is 6.84. The molecule has 2 atom stereocenters. The van der Waals surface area contributed by atoms with Crippen molar-refractivity contribution in [3.63, 3.8) is 0 Å². The summed E-state index contributed by atoms with van der Waals surface area (Å²) in [4.78, 5) is 13.4. The largest absolute Gasteiger partial charge is 0.481 e. The number of alkyl halides is 3. The molecule has 28 heavy (non-hydrogen) atoms. The third-order valence-electron chi connectivity index (χ3n) is 5.00. The lowest BCUT2D eigenvalue weighted by atomic mass is 9.91. The van der Waals surface area contributed by atoms with Crippen molar-refractivity contribution in [2.24, 2.45) is 5.92 Å². The molecule has 0 aromatic heterocycles. The number of hydrogen-bond acceptors (Lipinski definition) is 2. The van der Waals surface area contributed by atoms with Crippen molar-refractivity contribution in [3.05, 3.63) is 69.2 Å². The van der Waals surface area contributed by atoms with Gasteiger partial charge in [-0.1, -0.05) is 47.5 Å². The minimum atomic E-state index is -4.43. The Labute approximate surface area is 170 Å². The number of likely N-dealkylation sites (tertiary alicyclic amines) is 1. The van der Waals surface area contributed by atoms with E-state index in [2.05, 4.69) is 0 Å². The fourth-order valence-corrected chi connectivity index (χ4v) is 4.03. The van der Waals surface area contributed by atoms with Gasteiger partial charge in [-0.2, -0.15) is 13.2 Å². The summed E-state index contributed by atoms with van der Waals surface area (Å²) in [5.41, 5.74) is 0.498. The Morgan fingerprint density at radius 1 is 1.14 bits per heavy atom. The van der Waals surface area contributed by atoms with Gasteiger partial charge in [-0.05, 0) is 48.7 Å². The summed E-state index contributed by atoms with van der Waals surface area (Å²) in [6, 6.07) is 9.51. The van der Waals surface area contributed by atoms with Gasteiger partial charge in [0.25, 0.3) is 0 Å². The Kier molecular flexibility index (Phi) is 6.22. The Morgan fingerprint density at radius 3 is 2.43 bits per heavy atom. The molecule has 150 valence electrons. The maximum absolute atomic E-state index is 12.9. The van der Waals surface area contributed by atoms with Gasteiger partial charge in [-0.25, -0.2) is 0 Å². The van der Waals surface area contributed by atoms with Crippen molar-refractivity contribution in [1.82, 2.24) is 4.90 Å². The minimum Gasteiger partial charge on any atom is -0.481 e. The Morgan fingerprint density at radius 2 is 1.82 bits per heavy atom. The summed E-state index contributed by atoms with van der Waals surface area (Å²) in [7, 11) is 0. The second kappa shape index (κ2) is 8.31. The first-order valence-corrected chi connectivity index (χ1v) is 9.52. The molecule has 0 saturated carbocycles. The number of aliphatic carboxylic acids is 1. The van der Waals surface area contributed by atoms with E-state index in [4.69, 9.17) is 23.2 Å². The second-order valence-corrected chi connectivity index (χ2v) is 7.62. The van der Waals surface area contributed by atoms with Crippen molar-refractivity contribution < 1.29 is 23.1 Å². The molecule has 1 N–H and O–H groups in total. The first-order chi connectivity index (χ1) is 13.2. The average Bonchev–Trinajstić information content (AvgIpc) is 2.65. The highest BCUT2D eigenvalue weighted by Gasteiger charge is 2.34. The summed E-state index contributed by atoms with van der Waals surface area (Å²) >= 11 is 12.6. The summed E-state index contributed by atoms with van der Waals surface area (Å²) in [6.45, 7) is 0.891. The number of rotatable bonds is 4. The van der Waals surface area contributed by atoms with E-state index in [1.165, 1.54) is 12.1 Å². The number of benzene rings is 2. The molecule has 8 heteroatoms. The molecule has 1 saturated heterocycles. The standard InChI is InChI=1S/C20H18Cl2F3NO2/c21-16-5-1-4-15(17(16)22)18(26-10-2-3-13(11-26)19(27)28)12-6-8-14(9-7-12)20(23,24)25/h1,4-9,13,18H,2-3,10-11H2,(H,27,28). The Bertz CT molecular complexity index is 856. The molecule has 0 spiro atoms. The molecule has 0 radical (unpaired) electrons. The quantitative estimate of drug-likeness (QED) is 0.654. The molecule has 1 fully saturated rings. The number of halogens is 5. The molecule has 2 aromatic rings. The van der Waals surface area contributed by atoms with Gasteiger partial charge in [0.15, 0.2) is 0 Å². The lowest BCUT2D eigenvalue weighted by Gasteiger charge is -2.38. The maximum Gasteiger partial charge on any atom is 0.416 e. The SMILES string of the molecule is O=C(O)C1CCCN(C(c2ccc(C(F)(F)F)cc2)c2cccc(Cl)c2Cl)C1. The number of hydrogen-bond donors (Lipinski definition) is 1. The van der Waals surface area contributed by atoms with Crippen LogP contribution in [0, 0.1) is 5.92 Å². The van der Waals surface area contributed by atoms with Gasteiger partial charge in [0.2, 0.25) is 0 Å². The zero-order valence-corrected chi connectivity index (χ0v) is 16.2. The number of nitrogens with zero attached hydrogens (tertiary/aromatic N) is 1. The van der Waals surface area contributed by atoms with Gasteiger partial charge in [-0.3, -0.25) is 9.69 Å². The van der Waals surface area contributed by atoms with E-state index in [0.717, 1.165) is 12.1 Å². The van der Waals surface area contributed by atoms with Crippen LogP contribution in [0.15, 0.2) is 42.5 Å². The molecule has 0 bridgehead atoms. The van der Waals surface area contributed by atoms with Crippen LogP contribution in [0.2, 0.25) is 10.0 Å². The molecule has 1 aliphatic rings. The summed E-state index contributed by atoms with van der Waals surface area (Å²) in [5.74, 6) is -1.42. The normalized spacial score (nSPS) is 19.4. The highest BCUT2D eigenvalue weighted by molar-refractivity contribution is 6.42. The molecular weight excluding hydrogens is 414 g/mol. The first kappa shape index (κ1) is 21.0. The van der Waals surface area contributed by atoms with Gasteiger partial charge < -0.3 is 5.11 Å². The zero-order valence-electron chi connectivity index (χ0n) is 14.7. The maximum atomic E-state index is 12.9. The van der Waals surface area contributed by atoms with Crippen LogP contribution in [-0.2, 0) is 11.0 Å². The Hall–Kier alpha value is -1.76. The van der Waals surface area contributed by atoms with E-state index in [0.29, 0.717) is 40.6 Å². The van der Waals surface area contributed by atoms with Crippen LogP contribution in [0.4, 0.5) is 13.2 Å². The van der Waals surface area contributed by atoms with Crippen molar-refractivity contribution in [1.29, 1.82) is 0 Å². The van der Waals surface area contributed by atoms with Gasteiger partial charge >= 0.3 is 12.1 Å². The highest BCUT2D eigenvalue weighted by Crippen LogP contribution is 2.39. The Balaban J connectivity index is 2.04. The van der Waals surface area contributed by atoms with Crippen molar-refractivity contribution in [3.8, 4) is 0 Å². The minimum absolute atomic E-state index is 0.282. The van der Waals surface area contributed by atoms with Gasteiger partial charge in [0, 0.05) is 6.54 Å². The van der Waals surface area contributed by atoms with Crippen molar-refractivity contribution in [2.45, 2.75) is 25.1 Å². The van der Waals surface area contributed by atoms with E-state index >= 15 is 0 Å². The lowest BCUT2D eigenvalue weighted by molar-refractivity contribution is -0.144. The fourth-order valence-electron chi connectivity index (χ4n) is 3.62. The van der Waals surface area contributed by atoms with E-state index in [1.54, 1.807) is 18.2 Å². The van der Waals surface area contributed by atoms with Crippen LogP contribution in [0.3, 0.4) is 0 Å². The smallest absolute Gasteiger partial charge is 0.416 e. The van der Waals surface area contributed by atoms with E-state index in [-0.39, 0.29) is 6.54 Å². The van der Waals surface area contributed by atoms with Gasteiger partial charge in [-0.15, -0.1) is 0 Å². The summed E-state index contributed by atoms with van der Waals surface area (Å²) in [5, 5.41) is 10.1. The summed E-state index contributed by atoms with van der Waals surface area (Å²) in [6.07, 6.45) is -3.19. The topological polar surface area (TPSA) is 40.5 Å². The van der Waals surface area contributed by atoms with Crippen LogP contribution in [0.1, 0.15) is 35.6 Å². The molecule has 1 aliphatic heterocycles. The molecule has 2 unspecified atom stereocenters. The number of carboxylic acid groups (broad SMARTS) is 1. The molecule has 0 aliphatic carbocycles. The predicted octanol–water partition coefficient (Wildman–Crippen LogP) is 5.90. The number of carboxylic acids is 1. The number of piperidine rings is 1. The van der Waals surface area contributed by atoms with Crippen molar-refractivity contribution >= 4 is 29.2 Å². The van der Waals surface area contributed by atoms with Crippen LogP contribution in [-0.4, -0.2) is 29.1 Å². The van der Waals surface area contributed by atoms with Crippen LogP contribution in [0.5, 0.6) is 0 Å². The monoisotopic (exact) mass is 431 g/mol. The van der Waals surface area contributed by atoms with E-state index in [9.17, 15) is 23.1 Å². The molecule has 0 amide bonds. The number of carbonyl (C=O) groups is 1. The molecule has 2 aromatic carbocycles. The van der Waals surface area contributed by atoms with Crippen LogP contribution in [0.25, 0.3) is 0 Å². The zero-order chi connectivity index (χ0) is 20.5. The molecule has 3 nitrogen and oxygen atoms in total.